The van der Waals surface area contributed by atoms with E-state index < -0.39 is 34.7 Å². The molecule has 38 heavy (non-hydrogen) atoms. The van der Waals surface area contributed by atoms with Gasteiger partial charge in [-0.05, 0) is 76.2 Å². The normalized spacial score (nSPS) is 43.8. The second-order valence-electron chi connectivity index (χ2n) is 13.6. The lowest BCUT2D eigenvalue weighted by molar-refractivity contribution is -0.334. The SMILES string of the molecule is C=C1CC[C@@H](CC[C@H]2CC[C@]3(OC2)OC(=O)[C@@]2(O)C[C@]3(C)OC2(C)C)C(C)(C)[C@H]1[C@@H](O)/C=C1\CCOC1=O. The molecule has 2 N–H and O–H groups in total. The summed E-state index contributed by atoms with van der Waals surface area (Å²) in [6.45, 7) is 14.9. The first-order valence-electron chi connectivity index (χ1n) is 14.2. The number of esters is 2. The van der Waals surface area contributed by atoms with Crippen molar-refractivity contribution in [3.8, 4) is 0 Å². The van der Waals surface area contributed by atoms with Crippen LogP contribution in [0.5, 0.6) is 0 Å². The molecule has 0 radical (unpaired) electrons. The van der Waals surface area contributed by atoms with Gasteiger partial charge in [0.05, 0.1) is 19.3 Å². The van der Waals surface area contributed by atoms with Crippen molar-refractivity contribution in [3.63, 3.8) is 0 Å². The Bertz CT molecular complexity index is 1030. The van der Waals surface area contributed by atoms with Gasteiger partial charge in [0.15, 0.2) is 5.60 Å². The van der Waals surface area contributed by atoms with Gasteiger partial charge in [0.25, 0.3) is 0 Å². The second kappa shape index (κ2) is 9.15. The van der Waals surface area contributed by atoms with Gasteiger partial charge >= 0.3 is 11.9 Å². The number of ether oxygens (including phenoxy) is 4. The van der Waals surface area contributed by atoms with E-state index in [1.54, 1.807) is 19.9 Å². The van der Waals surface area contributed by atoms with Gasteiger partial charge in [-0.25, -0.2) is 9.59 Å². The van der Waals surface area contributed by atoms with E-state index in [1.807, 2.05) is 6.92 Å². The highest BCUT2D eigenvalue weighted by atomic mass is 16.8. The maximum atomic E-state index is 12.8. The molecular formula is C30H44O8. The summed E-state index contributed by atoms with van der Waals surface area (Å²) in [6, 6.07) is 0. The summed E-state index contributed by atoms with van der Waals surface area (Å²) in [6.07, 6.45) is 6.82. The van der Waals surface area contributed by atoms with E-state index in [0.29, 0.717) is 43.5 Å². The molecule has 1 saturated carbocycles. The number of cyclic esters (lactones) is 1. The lowest BCUT2D eigenvalue weighted by Crippen LogP contribution is -2.65. The summed E-state index contributed by atoms with van der Waals surface area (Å²) in [7, 11) is 0. The van der Waals surface area contributed by atoms with Gasteiger partial charge in [-0.1, -0.05) is 26.0 Å². The minimum absolute atomic E-state index is 0.128. The highest BCUT2D eigenvalue weighted by molar-refractivity contribution is 5.90. The van der Waals surface area contributed by atoms with Crippen LogP contribution in [0, 0.1) is 23.2 Å². The van der Waals surface area contributed by atoms with Crippen LogP contribution >= 0.6 is 0 Å². The first-order chi connectivity index (χ1) is 17.6. The van der Waals surface area contributed by atoms with E-state index in [1.165, 1.54) is 0 Å². The van der Waals surface area contributed by atoms with E-state index in [-0.39, 0.29) is 23.7 Å². The highest BCUT2D eigenvalue weighted by Crippen LogP contribution is 2.58. The minimum Gasteiger partial charge on any atom is -0.462 e. The zero-order chi connectivity index (χ0) is 27.7. The lowest BCUT2D eigenvalue weighted by atomic mass is 9.57. The van der Waals surface area contributed by atoms with E-state index in [2.05, 4.69) is 20.4 Å². The molecule has 1 aliphatic carbocycles. The maximum Gasteiger partial charge on any atom is 0.343 e. The Morgan fingerprint density at radius 3 is 2.47 bits per heavy atom. The quantitative estimate of drug-likeness (QED) is 0.311. The Kier molecular flexibility index (Phi) is 6.70. The Labute approximate surface area is 225 Å². The molecule has 4 heterocycles. The number of carbonyl (C=O) groups excluding carboxylic acids is 2. The molecular weight excluding hydrogens is 488 g/mol. The fourth-order valence-electron chi connectivity index (χ4n) is 7.99. The lowest BCUT2D eigenvalue weighted by Gasteiger charge is -2.51. The van der Waals surface area contributed by atoms with Crippen molar-refractivity contribution in [3.05, 3.63) is 23.8 Å². The summed E-state index contributed by atoms with van der Waals surface area (Å²) in [4.78, 5) is 24.8. The van der Waals surface area contributed by atoms with Crippen molar-refractivity contribution in [2.75, 3.05) is 13.2 Å². The summed E-state index contributed by atoms with van der Waals surface area (Å²) in [5.74, 6) is -1.59. The fourth-order valence-corrected chi connectivity index (χ4v) is 7.99. The molecule has 5 aliphatic rings. The third-order valence-electron chi connectivity index (χ3n) is 10.5. The van der Waals surface area contributed by atoms with Crippen LogP contribution < -0.4 is 0 Å². The van der Waals surface area contributed by atoms with Crippen LogP contribution in [0.3, 0.4) is 0 Å². The average molecular weight is 533 g/mol. The monoisotopic (exact) mass is 532 g/mol. The number of aliphatic hydroxyl groups is 2. The van der Waals surface area contributed by atoms with Gasteiger partial charge in [-0.15, -0.1) is 0 Å². The number of hydrogen-bond donors (Lipinski definition) is 2. The van der Waals surface area contributed by atoms with Crippen LogP contribution in [0.4, 0.5) is 0 Å². The van der Waals surface area contributed by atoms with Crippen molar-refractivity contribution in [1.82, 2.24) is 0 Å². The molecule has 212 valence electrons. The topological polar surface area (TPSA) is 112 Å². The number of hydrogen-bond acceptors (Lipinski definition) is 8. The Morgan fingerprint density at radius 1 is 1.11 bits per heavy atom. The summed E-state index contributed by atoms with van der Waals surface area (Å²) in [5.41, 5.74) is -2.21. The van der Waals surface area contributed by atoms with Crippen molar-refractivity contribution in [1.29, 1.82) is 0 Å². The number of rotatable bonds is 5. The van der Waals surface area contributed by atoms with Crippen LogP contribution in [0.2, 0.25) is 0 Å². The molecule has 0 aromatic heterocycles. The minimum atomic E-state index is -1.67. The molecule has 1 spiro atoms. The molecule has 0 amide bonds. The van der Waals surface area contributed by atoms with Gasteiger partial charge < -0.3 is 29.2 Å². The predicted octanol–water partition coefficient (Wildman–Crippen LogP) is 3.98. The van der Waals surface area contributed by atoms with Crippen LogP contribution in [0.15, 0.2) is 23.8 Å². The number of fused-ring (bicyclic) bond motifs is 3. The zero-order valence-corrected chi connectivity index (χ0v) is 23.5. The van der Waals surface area contributed by atoms with E-state index in [9.17, 15) is 19.8 Å². The summed E-state index contributed by atoms with van der Waals surface area (Å²) >= 11 is 0. The van der Waals surface area contributed by atoms with Crippen molar-refractivity contribution in [2.45, 2.75) is 115 Å². The van der Waals surface area contributed by atoms with Crippen LogP contribution in [0.1, 0.15) is 86.0 Å². The van der Waals surface area contributed by atoms with Crippen molar-refractivity contribution < 1.29 is 38.7 Å². The Morgan fingerprint density at radius 2 is 1.84 bits per heavy atom. The number of carbonyl (C=O) groups is 2. The first kappa shape index (κ1) is 27.8. The fraction of sp³-hybridized carbons (Fsp3) is 0.800. The van der Waals surface area contributed by atoms with Gasteiger partial charge in [-0.3, -0.25) is 0 Å². The Balaban J connectivity index is 1.21. The molecule has 4 aliphatic heterocycles. The first-order valence-corrected chi connectivity index (χ1v) is 14.2. The molecule has 4 saturated heterocycles. The molecule has 2 bridgehead atoms. The third kappa shape index (κ3) is 4.18. The Hall–Kier alpha value is -1.74. The zero-order valence-electron chi connectivity index (χ0n) is 23.5. The largest absolute Gasteiger partial charge is 0.462 e. The molecule has 5 rings (SSSR count). The molecule has 7 atom stereocenters. The predicted molar refractivity (Wildman–Crippen MR) is 139 cm³/mol. The van der Waals surface area contributed by atoms with Crippen molar-refractivity contribution in [2.24, 2.45) is 23.2 Å². The van der Waals surface area contributed by atoms with Gasteiger partial charge in [0.1, 0.15) is 11.2 Å². The molecule has 0 unspecified atom stereocenters. The standard InChI is InChI=1S/C30H44O8/c1-18-7-9-21(26(2,3)23(18)22(31)15-20-12-14-35-24(20)32)10-8-19-11-13-30(36-16-19)28(6)17-29(34,25(33)37-30)27(4,5)38-28/h15,19,21-23,31,34H,1,7-14,16-17H2,2-6H3/b20-15+/t19-,21-,22-,23+,28-,29-,30-/m0/s1. The van der Waals surface area contributed by atoms with Crippen LogP contribution in [-0.2, 0) is 28.5 Å². The molecule has 8 heteroatoms. The number of aliphatic hydroxyl groups excluding tert-OH is 1. The summed E-state index contributed by atoms with van der Waals surface area (Å²) in [5, 5.41) is 22.1. The second-order valence-corrected chi connectivity index (χ2v) is 13.6. The highest BCUT2D eigenvalue weighted by Gasteiger charge is 2.75. The smallest absolute Gasteiger partial charge is 0.343 e. The van der Waals surface area contributed by atoms with Gasteiger partial charge in [-0.2, -0.15) is 0 Å². The third-order valence-corrected chi connectivity index (χ3v) is 10.5. The average Bonchev–Trinajstić information content (AvgIpc) is 3.29. The van der Waals surface area contributed by atoms with Crippen LogP contribution in [0.25, 0.3) is 0 Å². The molecule has 0 aromatic rings. The van der Waals surface area contributed by atoms with E-state index in [0.717, 1.165) is 37.7 Å². The summed E-state index contributed by atoms with van der Waals surface area (Å²) < 4.78 is 23.5. The molecule has 8 nitrogen and oxygen atoms in total. The van der Waals surface area contributed by atoms with Crippen LogP contribution in [-0.4, -0.2) is 64.1 Å². The molecule has 0 aromatic carbocycles. The van der Waals surface area contributed by atoms with E-state index in [4.69, 9.17) is 18.9 Å². The maximum absolute atomic E-state index is 12.8. The van der Waals surface area contributed by atoms with Gasteiger partial charge in [0, 0.05) is 30.8 Å². The van der Waals surface area contributed by atoms with Gasteiger partial charge in [0.2, 0.25) is 5.79 Å². The van der Waals surface area contributed by atoms with E-state index >= 15 is 0 Å². The van der Waals surface area contributed by atoms with Crippen molar-refractivity contribution >= 4 is 11.9 Å². The molecule has 5 fully saturated rings.